The molecule has 1 N–H and O–H groups in total. The van der Waals surface area contributed by atoms with E-state index in [1.807, 2.05) is 6.92 Å². The normalized spacial score (nSPS) is 12.3. The molecule has 1 amide bonds. The van der Waals surface area contributed by atoms with Gasteiger partial charge in [0.05, 0.1) is 25.1 Å². The summed E-state index contributed by atoms with van der Waals surface area (Å²) in [5.74, 6) is -0.502. The van der Waals surface area contributed by atoms with Crippen molar-refractivity contribution in [2.24, 2.45) is 0 Å². The van der Waals surface area contributed by atoms with Crippen LogP contribution in [0.3, 0.4) is 0 Å². The largest absolute Gasteiger partial charge is 0.495 e. The zero-order valence-electron chi connectivity index (χ0n) is 15.7. The first-order valence-corrected chi connectivity index (χ1v) is 10.1. The van der Waals surface area contributed by atoms with Crippen LogP contribution in [0.5, 0.6) is 5.75 Å². The van der Waals surface area contributed by atoms with Crippen LogP contribution >= 0.6 is 0 Å². The van der Waals surface area contributed by atoms with E-state index >= 15 is 0 Å². The molecule has 0 spiro atoms. The van der Waals surface area contributed by atoms with Crippen LogP contribution in [0.1, 0.15) is 24.1 Å². The molecule has 0 aliphatic heterocycles. The Bertz CT molecular complexity index is 914. The Balaban J connectivity index is 2.23. The summed E-state index contributed by atoms with van der Waals surface area (Å²) in [4.78, 5) is 12.5. The Morgan fingerprint density at radius 3 is 2.41 bits per heavy atom. The highest BCUT2D eigenvalue weighted by molar-refractivity contribution is 7.92. The summed E-state index contributed by atoms with van der Waals surface area (Å²) in [5.41, 5.74) is 1.84. The second-order valence-corrected chi connectivity index (χ2v) is 8.19. The number of nitrogens with zero attached hydrogens (tertiary/aromatic N) is 1. The van der Waals surface area contributed by atoms with E-state index in [0.717, 1.165) is 16.1 Å². The van der Waals surface area contributed by atoms with Crippen LogP contribution in [-0.4, -0.2) is 34.2 Å². The molecule has 146 valence electrons. The SMILES string of the molecule is COc1ccc(C)cc1N(CC(=O)NC(C)c1ccc(F)cc1)S(C)(=O)=O. The van der Waals surface area contributed by atoms with Crippen molar-refractivity contribution in [3.63, 3.8) is 0 Å². The highest BCUT2D eigenvalue weighted by Crippen LogP contribution is 2.30. The molecular weight excluding hydrogens is 371 g/mol. The monoisotopic (exact) mass is 394 g/mol. The van der Waals surface area contributed by atoms with E-state index < -0.39 is 28.5 Å². The molecule has 2 rings (SSSR count). The molecule has 0 saturated heterocycles. The van der Waals surface area contributed by atoms with E-state index in [-0.39, 0.29) is 5.82 Å². The third kappa shape index (κ3) is 5.43. The Kier molecular flexibility index (Phi) is 6.43. The number of benzene rings is 2. The summed E-state index contributed by atoms with van der Waals surface area (Å²) in [7, 11) is -2.29. The van der Waals surface area contributed by atoms with E-state index in [4.69, 9.17) is 4.74 Å². The van der Waals surface area contributed by atoms with E-state index in [2.05, 4.69) is 5.32 Å². The van der Waals surface area contributed by atoms with Crippen molar-refractivity contribution in [1.29, 1.82) is 0 Å². The number of nitrogens with one attached hydrogen (secondary N) is 1. The smallest absolute Gasteiger partial charge is 0.241 e. The highest BCUT2D eigenvalue weighted by atomic mass is 32.2. The molecule has 2 aromatic carbocycles. The topological polar surface area (TPSA) is 75.7 Å². The number of carbonyl (C=O) groups is 1. The van der Waals surface area contributed by atoms with Crippen LogP contribution in [0.25, 0.3) is 0 Å². The minimum atomic E-state index is -3.73. The first kappa shape index (κ1) is 20.7. The molecule has 0 aliphatic rings. The molecule has 0 radical (unpaired) electrons. The Morgan fingerprint density at radius 1 is 1.22 bits per heavy atom. The van der Waals surface area contributed by atoms with Crippen molar-refractivity contribution in [3.05, 3.63) is 59.4 Å². The number of anilines is 1. The van der Waals surface area contributed by atoms with E-state index in [1.165, 1.54) is 19.2 Å². The minimum Gasteiger partial charge on any atom is -0.495 e. The molecule has 27 heavy (non-hydrogen) atoms. The number of amides is 1. The van der Waals surface area contributed by atoms with Gasteiger partial charge in [-0.25, -0.2) is 12.8 Å². The number of methoxy groups -OCH3 is 1. The van der Waals surface area contributed by atoms with Gasteiger partial charge in [-0.05, 0) is 49.2 Å². The maximum absolute atomic E-state index is 13.0. The van der Waals surface area contributed by atoms with Crippen molar-refractivity contribution >= 4 is 21.6 Å². The van der Waals surface area contributed by atoms with Crippen LogP contribution in [0.4, 0.5) is 10.1 Å². The number of rotatable bonds is 7. The predicted molar refractivity (Wildman–Crippen MR) is 103 cm³/mol. The fourth-order valence-corrected chi connectivity index (χ4v) is 3.48. The summed E-state index contributed by atoms with van der Waals surface area (Å²) in [6, 6.07) is 10.4. The van der Waals surface area contributed by atoms with Gasteiger partial charge in [0.25, 0.3) is 0 Å². The molecule has 0 saturated carbocycles. The molecule has 0 fully saturated rings. The lowest BCUT2D eigenvalue weighted by Gasteiger charge is -2.25. The Labute approximate surface area is 159 Å². The maximum atomic E-state index is 13.0. The molecule has 0 bridgehead atoms. The third-order valence-electron chi connectivity index (χ3n) is 4.04. The van der Waals surface area contributed by atoms with Crippen molar-refractivity contribution in [2.75, 3.05) is 24.2 Å². The van der Waals surface area contributed by atoms with Gasteiger partial charge >= 0.3 is 0 Å². The molecule has 1 unspecified atom stereocenters. The zero-order valence-corrected chi connectivity index (χ0v) is 16.5. The second kappa shape index (κ2) is 8.39. The lowest BCUT2D eigenvalue weighted by atomic mass is 10.1. The van der Waals surface area contributed by atoms with Gasteiger partial charge in [-0.15, -0.1) is 0 Å². The molecule has 0 aliphatic carbocycles. The van der Waals surface area contributed by atoms with Gasteiger partial charge in [0.2, 0.25) is 15.9 Å². The summed E-state index contributed by atoms with van der Waals surface area (Å²) in [5, 5.41) is 2.73. The van der Waals surface area contributed by atoms with Crippen molar-refractivity contribution in [3.8, 4) is 5.75 Å². The van der Waals surface area contributed by atoms with Crippen LogP contribution in [-0.2, 0) is 14.8 Å². The van der Waals surface area contributed by atoms with Crippen molar-refractivity contribution in [2.45, 2.75) is 19.9 Å². The van der Waals surface area contributed by atoms with Crippen LogP contribution < -0.4 is 14.4 Å². The summed E-state index contributed by atoms with van der Waals surface area (Å²) in [6.07, 6.45) is 1.03. The fourth-order valence-electron chi connectivity index (χ4n) is 2.63. The number of hydrogen-bond acceptors (Lipinski definition) is 4. The van der Waals surface area contributed by atoms with Gasteiger partial charge in [0.15, 0.2) is 0 Å². The Morgan fingerprint density at radius 2 is 1.85 bits per heavy atom. The van der Waals surface area contributed by atoms with Gasteiger partial charge in [0.1, 0.15) is 18.1 Å². The Hall–Kier alpha value is -2.61. The zero-order chi connectivity index (χ0) is 20.2. The van der Waals surface area contributed by atoms with E-state index in [9.17, 15) is 17.6 Å². The van der Waals surface area contributed by atoms with Gasteiger partial charge < -0.3 is 10.1 Å². The quantitative estimate of drug-likeness (QED) is 0.784. The number of hydrogen-bond donors (Lipinski definition) is 1. The van der Waals surface area contributed by atoms with Gasteiger partial charge in [0, 0.05) is 0 Å². The first-order valence-electron chi connectivity index (χ1n) is 8.29. The predicted octanol–water partition coefficient (Wildman–Crippen LogP) is 2.79. The molecule has 6 nitrogen and oxygen atoms in total. The molecule has 0 aromatic heterocycles. The second-order valence-electron chi connectivity index (χ2n) is 6.29. The molecule has 8 heteroatoms. The molecular formula is C19H23FN2O4S. The number of ether oxygens (including phenoxy) is 1. The average molecular weight is 394 g/mol. The fraction of sp³-hybridized carbons (Fsp3) is 0.316. The van der Waals surface area contributed by atoms with Crippen molar-refractivity contribution < 1.29 is 22.3 Å². The van der Waals surface area contributed by atoms with Gasteiger partial charge in [-0.2, -0.15) is 0 Å². The van der Waals surface area contributed by atoms with Crippen LogP contribution in [0, 0.1) is 12.7 Å². The average Bonchev–Trinajstić information content (AvgIpc) is 2.59. The lowest BCUT2D eigenvalue weighted by Crippen LogP contribution is -2.41. The van der Waals surface area contributed by atoms with E-state index in [1.54, 1.807) is 37.3 Å². The lowest BCUT2D eigenvalue weighted by molar-refractivity contribution is -0.120. The number of carbonyl (C=O) groups excluding carboxylic acids is 1. The number of sulfonamides is 1. The van der Waals surface area contributed by atoms with Gasteiger partial charge in [-0.3, -0.25) is 9.10 Å². The third-order valence-corrected chi connectivity index (χ3v) is 5.16. The highest BCUT2D eigenvalue weighted by Gasteiger charge is 2.24. The van der Waals surface area contributed by atoms with Crippen LogP contribution in [0.15, 0.2) is 42.5 Å². The number of halogens is 1. The first-order chi connectivity index (χ1) is 12.6. The molecule has 1 atom stereocenters. The standard InChI is InChI=1S/C19H23FN2O4S/c1-13-5-10-18(26-3)17(11-13)22(27(4,24)25)12-19(23)21-14(2)15-6-8-16(20)9-7-15/h5-11,14H,12H2,1-4H3,(H,21,23). The summed E-state index contributed by atoms with van der Waals surface area (Å²) >= 11 is 0. The van der Waals surface area contributed by atoms with Crippen LogP contribution in [0.2, 0.25) is 0 Å². The van der Waals surface area contributed by atoms with E-state index in [0.29, 0.717) is 17.0 Å². The molecule has 0 heterocycles. The van der Waals surface area contributed by atoms with Gasteiger partial charge in [-0.1, -0.05) is 18.2 Å². The molecule has 2 aromatic rings. The summed E-state index contributed by atoms with van der Waals surface area (Å²) in [6.45, 7) is 3.16. The minimum absolute atomic E-state index is 0.296. The summed E-state index contributed by atoms with van der Waals surface area (Å²) < 4.78 is 43.9. The maximum Gasteiger partial charge on any atom is 0.241 e. The van der Waals surface area contributed by atoms with Crippen molar-refractivity contribution in [1.82, 2.24) is 5.32 Å². The number of aryl methyl sites for hydroxylation is 1.